The van der Waals surface area contributed by atoms with Crippen LogP contribution in [0.15, 0.2) is 109 Å². The van der Waals surface area contributed by atoms with Crippen molar-refractivity contribution in [3.05, 3.63) is 84.4 Å². The number of benzene rings is 5. The van der Waals surface area contributed by atoms with Crippen LogP contribution in [-0.4, -0.2) is 25.9 Å². The summed E-state index contributed by atoms with van der Waals surface area (Å²) in [5, 5.41) is 30.3. The molecule has 0 aromatic heterocycles. The van der Waals surface area contributed by atoms with E-state index < -0.39 is 41.5 Å². The summed E-state index contributed by atoms with van der Waals surface area (Å²) in [6.45, 7) is 1.84. The Morgan fingerprint density at radius 1 is 0.721 bits per heavy atom. The predicted molar refractivity (Wildman–Crippen MR) is 149 cm³/mol. The van der Waals surface area contributed by atoms with Crippen LogP contribution in [0.25, 0.3) is 21.5 Å². The largest absolute Gasteiger partial charge is 1.00 e. The molecule has 0 aliphatic carbocycles. The van der Waals surface area contributed by atoms with E-state index >= 15 is 0 Å². The van der Waals surface area contributed by atoms with Gasteiger partial charge in [0.25, 0.3) is 10.1 Å². The monoisotopic (exact) mass is 635 g/mol. The average molecular weight is 636 g/mol. The SMILES string of the molecule is Cc1ccccc1N=Nc1ccc(N=Nc2c(S(=O)(=O)O)cc3cc(N)ccc3c2[O-])c2ccc(S(=O)(=O)[O-])cc12.[Na+].[Na+]. The van der Waals surface area contributed by atoms with E-state index in [1.807, 2.05) is 19.1 Å². The van der Waals surface area contributed by atoms with Crippen molar-refractivity contribution >= 4 is 70.2 Å². The number of nitrogen functional groups attached to an aromatic ring is 1. The molecule has 0 radical (unpaired) electrons. The quantitative estimate of drug-likeness (QED) is 0.112. The molecule has 0 spiro atoms. The van der Waals surface area contributed by atoms with Crippen LogP contribution in [0.3, 0.4) is 0 Å². The number of nitrogens with two attached hydrogens (primary N) is 1. The van der Waals surface area contributed by atoms with Crippen molar-refractivity contribution in [2.45, 2.75) is 16.7 Å². The Balaban J connectivity index is 0.00000253. The number of nitrogens with zero attached hydrogens (tertiary/aromatic N) is 4. The van der Waals surface area contributed by atoms with E-state index in [9.17, 15) is 31.0 Å². The minimum absolute atomic E-state index is 0. The summed E-state index contributed by atoms with van der Waals surface area (Å²) in [5.74, 6) is -0.813. The molecule has 208 valence electrons. The number of hydrogen-bond donors (Lipinski definition) is 2. The zero-order chi connectivity index (χ0) is 29.5. The molecule has 0 atom stereocenters. The van der Waals surface area contributed by atoms with Crippen LogP contribution in [0, 0.1) is 6.92 Å². The first-order valence-electron chi connectivity index (χ1n) is 11.8. The third-order valence-corrected chi connectivity index (χ3v) is 7.90. The van der Waals surface area contributed by atoms with Gasteiger partial charge in [-0.1, -0.05) is 36.1 Å². The van der Waals surface area contributed by atoms with Crippen molar-refractivity contribution in [1.29, 1.82) is 0 Å². The number of anilines is 1. The van der Waals surface area contributed by atoms with Gasteiger partial charge in [0.2, 0.25) is 0 Å². The van der Waals surface area contributed by atoms with Gasteiger partial charge < -0.3 is 15.4 Å². The summed E-state index contributed by atoms with van der Waals surface area (Å²) in [6.07, 6.45) is 0. The molecule has 5 aromatic rings. The minimum Gasteiger partial charge on any atom is -0.871 e. The zero-order valence-electron chi connectivity index (χ0n) is 23.1. The van der Waals surface area contributed by atoms with Crippen molar-refractivity contribution in [3.63, 3.8) is 0 Å². The molecule has 3 N–H and O–H groups in total. The summed E-state index contributed by atoms with van der Waals surface area (Å²) in [5.41, 5.74) is 7.08. The molecule has 5 aromatic carbocycles. The molecule has 0 unspecified atom stereocenters. The third kappa shape index (κ3) is 7.49. The van der Waals surface area contributed by atoms with Crippen LogP contribution >= 0.6 is 0 Å². The first kappa shape index (κ1) is 34.7. The average Bonchev–Trinajstić information content (AvgIpc) is 2.91. The van der Waals surface area contributed by atoms with Gasteiger partial charge in [0.15, 0.2) is 0 Å². The normalized spacial score (nSPS) is 12.1. The van der Waals surface area contributed by atoms with Gasteiger partial charge in [-0.2, -0.15) is 13.5 Å². The van der Waals surface area contributed by atoms with Gasteiger partial charge in [0, 0.05) is 16.5 Å². The van der Waals surface area contributed by atoms with Crippen molar-refractivity contribution in [3.8, 4) is 5.75 Å². The maximum atomic E-state index is 13.1. The molecule has 0 aliphatic rings. The smallest absolute Gasteiger partial charge is 0.871 e. The third-order valence-electron chi connectivity index (χ3n) is 6.20. The molecule has 0 fully saturated rings. The number of aryl methyl sites for hydroxylation is 1. The van der Waals surface area contributed by atoms with Gasteiger partial charge in [-0.25, -0.2) is 8.42 Å². The summed E-state index contributed by atoms with van der Waals surface area (Å²) in [6, 6.07) is 18.9. The molecule has 16 heteroatoms. The topological polar surface area (TPSA) is 210 Å². The van der Waals surface area contributed by atoms with Gasteiger partial charge in [0.1, 0.15) is 15.0 Å². The van der Waals surface area contributed by atoms with Crippen LogP contribution in [0.4, 0.5) is 28.4 Å². The summed E-state index contributed by atoms with van der Waals surface area (Å²) in [7, 11) is -9.72. The van der Waals surface area contributed by atoms with Crippen LogP contribution in [0.1, 0.15) is 5.56 Å². The van der Waals surface area contributed by atoms with E-state index in [2.05, 4.69) is 20.5 Å². The van der Waals surface area contributed by atoms with E-state index in [0.29, 0.717) is 5.69 Å². The van der Waals surface area contributed by atoms with E-state index in [1.165, 1.54) is 36.4 Å². The molecule has 0 amide bonds. The first-order chi connectivity index (χ1) is 19.3. The molecule has 5 rings (SSSR count). The Labute approximate surface area is 290 Å². The van der Waals surface area contributed by atoms with Gasteiger partial charge in [0.05, 0.1) is 27.6 Å². The second-order valence-electron chi connectivity index (χ2n) is 8.96. The molecule has 0 saturated carbocycles. The molecule has 0 aliphatic heterocycles. The summed E-state index contributed by atoms with van der Waals surface area (Å²) < 4.78 is 69.2. The fourth-order valence-electron chi connectivity index (χ4n) is 4.16. The standard InChI is InChI=1S/C27H21N5O7S2.2Na/c1-15-4-2-3-5-22(15)29-30-24-11-10-23(20-9-7-18(14-21(20)24)40(34,35)36)31-32-26-25(41(37,38)39)13-16-12-17(28)6-8-19(16)27(26)33;;/h2-14,33H,28H2,1H3,(H,34,35,36)(H,37,38,39);;/q;2*+1/p-2. The molecular weight excluding hydrogens is 616 g/mol. The van der Waals surface area contributed by atoms with Crippen molar-refractivity contribution < 1.29 is 90.2 Å². The van der Waals surface area contributed by atoms with Crippen LogP contribution in [0.5, 0.6) is 5.75 Å². The van der Waals surface area contributed by atoms with Crippen molar-refractivity contribution in [2.75, 3.05) is 5.73 Å². The van der Waals surface area contributed by atoms with Gasteiger partial charge in [-0.05, 0) is 71.8 Å². The molecule has 0 heterocycles. The van der Waals surface area contributed by atoms with Crippen LogP contribution in [-0.2, 0) is 20.2 Å². The second kappa shape index (κ2) is 13.5. The maximum absolute atomic E-state index is 13.1. The van der Waals surface area contributed by atoms with E-state index in [-0.39, 0.29) is 97.7 Å². The number of azo groups is 2. The van der Waals surface area contributed by atoms with Gasteiger partial charge in [-0.15, -0.1) is 15.3 Å². The fourth-order valence-corrected chi connectivity index (χ4v) is 5.31. The van der Waals surface area contributed by atoms with Crippen LogP contribution in [0.2, 0.25) is 0 Å². The Kier molecular flexibility index (Phi) is 10.9. The Hall–Kier alpha value is -2.76. The van der Waals surface area contributed by atoms with Gasteiger partial charge in [-0.3, -0.25) is 4.55 Å². The van der Waals surface area contributed by atoms with E-state index in [4.69, 9.17) is 5.73 Å². The Morgan fingerprint density at radius 3 is 1.98 bits per heavy atom. The number of fused-ring (bicyclic) bond motifs is 2. The van der Waals surface area contributed by atoms with Crippen molar-refractivity contribution in [2.24, 2.45) is 20.5 Å². The van der Waals surface area contributed by atoms with Crippen LogP contribution < -0.4 is 70.0 Å². The first-order valence-corrected chi connectivity index (χ1v) is 14.6. The summed E-state index contributed by atoms with van der Waals surface area (Å²) in [4.78, 5) is -1.28. The second-order valence-corrected chi connectivity index (χ2v) is 11.7. The molecule has 12 nitrogen and oxygen atoms in total. The molecular formula is C27H19N5Na2O7S2. The molecule has 43 heavy (non-hydrogen) atoms. The molecule has 0 saturated heterocycles. The predicted octanol–water partition coefficient (Wildman–Crippen LogP) is -0.0532. The van der Waals surface area contributed by atoms with E-state index in [0.717, 1.165) is 23.8 Å². The maximum Gasteiger partial charge on any atom is 1.00 e. The van der Waals surface area contributed by atoms with E-state index in [1.54, 1.807) is 12.1 Å². The van der Waals surface area contributed by atoms with Gasteiger partial charge >= 0.3 is 59.1 Å². The fraction of sp³-hybridized carbons (Fsp3) is 0.0370. The zero-order valence-corrected chi connectivity index (χ0v) is 28.7. The minimum atomic E-state index is -4.90. The molecule has 0 bridgehead atoms. The Morgan fingerprint density at radius 2 is 1.33 bits per heavy atom. The number of rotatable bonds is 6. The summed E-state index contributed by atoms with van der Waals surface area (Å²) >= 11 is 0. The number of hydrogen-bond acceptors (Lipinski definition) is 11. The van der Waals surface area contributed by atoms with Crippen molar-refractivity contribution in [1.82, 2.24) is 0 Å². The Bertz CT molecular complexity index is 2160.